The van der Waals surface area contributed by atoms with Crippen LogP contribution in [0.5, 0.6) is 0 Å². The molecular formula is C9H15ClN2O. The summed E-state index contributed by atoms with van der Waals surface area (Å²) in [5.41, 5.74) is 0.167. The van der Waals surface area contributed by atoms with E-state index in [2.05, 4.69) is 10.2 Å². The summed E-state index contributed by atoms with van der Waals surface area (Å²) in [7, 11) is 0. The predicted molar refractivity (Wildman–Crippen MR) is 51.9 cm³/mol. The van der Waals surface area contributed by atoms with E-state index in [1.165, 1.54) is 0 Å². The third-order valence-electron chi connectivity index (χ3n) is 3.12. The van der Waals surface area contributed by atoms with E-state index in [0.717, 1.165) is 38.9 Å². The zero-order chi connectivity index (χ0) is 9.31. The van der Waals surface area contributed by atoms with Gasteiger partial charge in [0, 0.05) is 31.9 Å². The van der Waals surface area contributed by atoms with Gasteiger partial charge in [-0.2, -0.15) is 0 Å². The van der Waals surface area contributed by atoms with Gasteiger partial charge in [-0.1, -0.05) is 0 Å². The Morgan fingerprint density at radius 1 is 1.46 bits per heavy atom. The van der Waals surface area contributed by atoms with Crippen LogP contribution in [0.3, 0.4) is 0 Å². The molecule has 74 valence electrons. The van der Waals surface area contributed by atoms with Gasteiger partial charge in [0.2, 0.25) is 5.91 Å². The number of amides is 1. The second-order valence-corrected chi connectivity index (χ2v) is 4.41. The van der Waals surface area contributed by atoms with E-state index in [1.807, 2.05) is 0 Å². The van der Waals surface area contributed by atoms with Gasteiger partial charge in [-0.15, -0.1) is 11.6 Å². The van der Waals surface area contributed by atoms with Gasteiger partial charge in [0.25, 0.3) is 0 Å². The van der Waals surface area contributed by atoms with Crippen molar-refractivity contribution in [1.29, 1.82) is 0 Å². The number of likely N-dealkylation sites (tertiary alicyclic amines) is 1. The molecule has 4 heteroatoms. The lowest BCUT2D eigenvalue weighted by Gasteiger charge is -2.47. The number of hydrogen-bond acceptors (Lipinski definition) is 2. The molecule has 0 saturated carbocycles. The molecule has 13 heavy (non-hydrogen) atoms. The molecule has 2 fully saturated rings. The number of piperidine rings is 1. The molecule has 2 saturated heterocycles. The second-order valence-electron chi connectivity index (χ2n) is 4.04. The van der Waals surface area contributed by atoms with Crippen molar-refractivity contribution in [3.8, 4) is 0 Å². The summed E-state index contributed by atoms with van der Waals surface area (Å²) in [5.74, 6) is 0.921. The van der Waals surface area contributed by atoms with Crippen molar-refractivity contribution in [2.24, 2.45) is 0 Å². The first-order chi connectivity index (χ1) is 6.24. The molecule has 1 amide bonds. The van der Waals surface area contributed by atoms with Crippen LogP contribution in [0.25, 0.3) is 0 Å². The monoisotopic (exact) mass is 202 g/mol. The molecular weight excluding hydrogens is 188 g/mol. The van der Waals surface area contributed by atoms with Crippen LogP contribution in [-0.4, -0.2) is 41.9 Å². The van der Waals surface area contributed by atoms with Gasteiger partial charge in [-0.3, -0.25) is 4.79 Å². The Kier molecular flexibility index (Phi) is 2.47. The number of nitrogens with zero attached hydrogens (tertiary/aromatic N) is 1. The predicted octanol–water partition coefficient (Wildman–Crippen LogP) is 0.580. The molecule has 0 radical (unpaired) electrons. The summed E-state index contributed by atoms with van der Waals surface area (Å²) in [6.07, 6.45) is 2.92. The van der Waals surface area contributed by atoms with E-state index in [4.69, 9.17) is 11.6 Å². The zero-order valence-electron chi connectivity index (χ0n) is 7.68. The van der Waals surface area contributed by atoms with Gasteiger partial charge in [0.15, 0.2) is 0 Å². The standard InChI is InChI=1S/C9H15ClN2O/c10-3-6-12-4-1-9(2-5-12)7-8(13)11-9/h1-7H2,(H,11,13). The SMILES string of the molecule is O=C1CC2(CCN(CCCl)CC2)N1. The van der Waals surface area contributed by atoms with Crippen LogP contribution in [0, 0.1) is 0 Å². The van der Waals surface area contributed by atoms with Crippen molar-refractivity contribution in [3.05, 3.63) is 0 Å². The lowest BCUT2D eigenvalue weighted by atomic mass is 9.78. The molecule has 0 aromatic heterocycles. The largest absolute Gasteiger partial charge is 0.350 e. The molecule has 2 aliphatic rings. The molecule has 2 heterocycles. The van der Waals surface area contributed by atoms with E-state index in [0.29, 0.717) is 5.88 Å². The van der Waals surface area contributed by atoms with E-state index in [9.17, 15) is 4.79 Å². The van der Waals surface area contributed by atoms with E-state index >= 15 is 0 Å². The van der Waals surface area contributed by atoms with Gasteiger partial charge in [-0.05, 0) is 12.8 Å². The van der Waals surface area contributed by atoms with Crippen LogP contribution in [0.15, 0.2) is 0 Å². The highest BCUT2D eigenvalue weighted by molar-refractivity contribution is 6.18. The molecule has 0 aromatic carbocycles. The summed E-state index contributed by atoms with van der Waals surface area (Å²) in [4.78, 5) is 13.2. The maximum absolute atomic E-state index is 10.8. The van der Waals surface area contributed by atoms with Crippen molar-refractivity contribution in [2.75, 3.05) is 25.5 Å². The van der Waals surface area contributed by atoms with Gasteiger partial charge >= 0.3 is 0 Å². The highest BCUT2D eigenvalue weighted by Gasteiger charge is 2.44. The fraction of sp³-hybridized carbons (Fsp3) is 0.889. The van der Waals surface area contributed by atoms with Crippen molar-refractivity contribution >= 4 is 17.5 Å². The minimum Gasteiger partial charge on any atom is -0.350 e. The maximum Gasteiger partial charge on any atom is 0.222 e. The summed E-state index contributed by atoms with van der Waals surface area (Å²) in [6.45, 7) is 3.13. The number of nitrogens with one attached hydrogen (secondary N) is 1. The molecule has 0 aliphatic carbocycles. The number of carbonyl (C=O) groups is 1. The molecule has 1 N–H and O–H groups in total. The van der Waals surface area contributed by atoms with Crippen LogP contribution in [-0.2, 0) is 4.79 Å². The van der Waals surface area contributed by atoms with E-state index in [1.54, 1.807) is 0 Å². The first-order valence-electron chi connectivity index (χ1n) is 4.83. The quantitative estimate of drug-likeness (QED) is 0.525. The Bertz CT molecular complexity index is 202. The summed E-state index contributed by atoms with van der Waals surface area (Å²) in [6, 6.07) is 0. The van der Waals surface area contributed by atoms with Gasteiger partial charge in [0.1, 0.15) is 0 Å². The Morgan fingerprint density at radius 3 is 2.54 bits per heavy atom. The first kappa shape index (κ1) is 9.28. The third kappa shape index (κ3) is 1.81. The number of rotatable bonds is 2. The summed E-state index contributed by atoms with van der Waals surface area (Å²) in [5, 5.41) is 3.02. The van der Waals surface area contributed by atoms with Crippen LogP contribution in [0.4, 0.5) is 0 Å². The average molecular weight is 203 g/mol. The minimum absolute atomic E-state index is 0.167. The normalized spacial score (nSPS) is 27.0. The molecule has 2 rings (SSSR count). The molecule has 1 spiro atoms. The van der Waals surface area contributed by atoms with Crippen LogP contribution >= 0.6 is 11.6 Å². The number of alkyl halides is 1. The second kappa shape index (κ2) is 3.46. The van der Waals surface area contributed by atoms with Gasteiger partial charge < -0.3 is 10.2 Å². The number of halogens is 1. The van der Waals surface area contributed by atoms with Crippen LogP contribution < -0.4 is 5.32 Å². The Morgan fingerprint density at radius 2 is 2.08 bits per heavy atom. The molecule has 0 aromatic rings. The summed E-state index contributed by atoms with van der Waals surface area (Å²) < 4.78 is 0. The fourth-order valence-corrected chi connectivity index (χ4v) is 2.45. The van der Waals surface area contributed by atoms with E-state index < -0.39 is 0 Å². The lowest BCUT2D eigenvalue weighted by Crippen LogP contribution is -2.65. The third-order valence-corrected chi connectivity index (χ3v) is 3.29. The fourth-order valence-electron chi connectivity index (χ4n) is 2.21. The number of β-lactam (4-membered cyclic amide) rings is 1. The Labute approximate surface area is 83.4 Å². The van der Waals surface area contributed by atoms with Crippen molar-refractivity contribution < 1.29 is 4.79 Å². The van der Waals surface area contributed by atoms with Crippen molar-refractivity contribution in [2.45, 2.75) is 24.8 Å². The van der Waals surface area contributed by atoms with Crippen molar-refractivity contribution in [3.63, 3.8) is 0 Å². The topological polar surface area (TPSA) is 32.3 Å². The molecule has 0 unspecified atom stereocenters. The Balaban J connectivity index is 1.80. The Hall–Kier alpha value is -0.280. The molecule has 0 bridgehead atoms. The number of carbonyl (C=O) groups excluding carboxylic acids is 1. The van der Waals surface area contributed by atoms with E-state index in [-0.39, 0.29) is 11.4 Å². The lowest BCUT2D eigenvalue weighted by molar-refractivity contribution is -0.134. The first-order valence-corrected chi connectivity index (χ1v) is 5.37. The van der Waals surface area contributed by atoms with Gasteiger partial charge in [0.05, 0.1) is 5.54 Å². The van der Waals surface area contributed by atoms with Gasteiger partial charge in [-0.25, -0.2) is 0 Å². The molecule has 0 atom stereocenters. The average Bonchev–Trinajstić information content (AvgIpc) is 2.07. The number of hydrogen-bond donors (Lipinski definition) is 1. The highest BCUT2D eigenvalue weighted by Crippen LogP contribution is 2.31. The smallest absolute Gasteiger partial charge is 0.222 e. The molecule has 3 nitrogen and oxygen atoms in total. The minimum atomic E-state index is 0.167. The van der Waals surface area contributed by atoms with Crippen molar-refractivity contribution in [1.82, 2.24) is 10.2 Å². The van der Waals surface area contributed by atoms with Crippen LogP contribution in [0.2, 0.25) is 0 Å². The zero-order valence-corrected chi connectivity index (χ0v) is 8.44. The highest BCUT2D eigenvalue weighted by atomic mass is 35.5. The molecule has 2 aliphatic heterocycles. The maximum atomic E-state index is 10.8. The van der Waals surface area contributed by atoms with Crippen LogP contribution in [0.1, 0.15) is 19.3 Å². The summed E-state index contributed by atoms with van der Waals surface area (Å²) >= 11 is 5.67.